The van der Waals surface area contributed by atoms with Gasteiger partial charge < -0.3 is 0 Å². The van der Waals surface area contributed by atoms with Gasteiger partial charge in [0.25, 0.3) is 0 Å². The smallest absolute Gasteiger partial charge is 0.176 e. The van der Waals surface area contributed by atoms with E-state index in [4.69, 9.17) is 4.98 Å². The van der Waals surface area contributed by atoms with Gasteiger partial charge in [-0.2, -0.15) is 5.26 Å². The molecule has 0 unspecified atom stereocenters. The molecule has 5 heteroatoms. The molecule has 1 heterocycles. The Balaban J connectivity index is 1.77. The van der Waals surface area contributed by atoms with Gasteiger partial charge in [-0.15, -0.1) is 0 Å². The summed E-state index contributed by atoms with van der Waals surface area (Å²) in [5.74, 6) is 0.611. The van der Waals surface area contributed by atoms with Crippen LogP contribution >= 0.6 is 0 Å². The average Bonchev–Trinajstić information content (AvgIpc) is 3.22. The summed E-state index contributed by atoms with van der Waals surface area (Å²) in [5, 5.41) is 9.64. The Morgan fingerprint density at radius 3 is 2.59 bits per heavy atom. The zero-order chi connectivity index (χ0) is 24.2. The monoisotopic (exact) mass is 453 g/mol. The molecular formula is C29H28FN3O. The molecule has 0 saturated carbocycles. The van der Waals surface area contributed by atoms with E-state index in [0.717, 1.165) is 41.3 Å². The number of Topliss-reactive ketones (excluding diaryl/α,β-unsaturated/α-hetero) is 1. The van der Waals surface area contributed by atoms with Crippen LogP contribution in [0.1, 0.15) is 57.0 Å². The lowest BCUT2D eigenvalue weighted by molar-refractivity contribution is -0.121. The maximum Gasteiger partial charge on any atom is 0.176 e. The second-order valence-corrected chi connectivity index (χ2v) is 10.1. The highest BCUT2D eigenvalue weighted by Crippen LogP contribution is 2.50. The van der Waals surface area contributed by atoms with Crippen LogP contribution in [0.15, 0.2) is 60.2 Å². The molecule has 2 aliphatic rings. The Labute approximate surface area is 199 Å². The van der Waals surface area contributed by atoms with Gasteiger partial charge in [0.2, 0.25) is 0 Å². The van der Waals surface area contributed by atoms with Crippen molar-refractivity contribution in [3.05, 3.63) is 82.9 Å². The van der Waals surface area contributed by atoms with Gasteiger partial charge in [-0.25, -0.2) is 9.37 Å². The van der Waals surface area contributed by atoms with E-state index in [1.807, 2.05) is 19.1 Å². The van der Waals surface area contributed by atoms with Crippen molar-refractivity contribution in [3.63, 3.8) is 0 Å². The first-order chi connectivity index (χ1) is 16.2. The summed E-state index contributed by atoms with van der Waals surface area (Å²) in [4.78, 5) is 17.9. The van der Waals surface area contributed by atoms with Crippen LogP contribution in [-0.4, -0.2) is 15.3 Å². The Morgan fingerprint density at radius 1 is 1.21 bits per heavy atom. The molecule has 5 rings (SSSR count). The molecule has 3 aromatic rings. The van der Waals surface area contributed by atoms with E-state index in [0.29, 0.717) is 5.92 Å². The molecule has 0 N–H and O–H groups in total. The van der Waals surface area contributed by atoms with Gasteiger partial charge in [0.1, 0.15) is 17.7 Å². The summed E-state index contributed by atoms with van der Waals surface area (Å²) in [6.07, 6.45) is 3.36. The summed E-state index contributed by atoms with van der Waals surface area (Å²) < 4.78 is 16.3. The topological polar surface area (TPSA) is 58.7 Å². The molecule has 0 radical (unpaired) electrons. The SMILES string of the molecule is CC(C)c1ccc(-c2nc3c(n2-c2cccc(F)c2)CC[C@@H]2[C@@H](C)C(=O)C(C#N)=C[C@@]32C)cc1. The van der Waals surface area contributed by atoms with E-state index in [1.165, 1.54) is 17.7 Å². The molecule has 172 valence electrons. The number of carbonyl (C=O) groups excluding carboxylic acids is 1. The van der Waals surface area contributed by atoms with Crippen LogP contribution in [0, 0.1) is 29.0 Å². The predicted molar refractivity (Wildman–Crippen MR) is 130 cm³/mol. The Morgan fingerprint density at radius 2 is 1.94 bits per heavy atom. The van der Waals surface area contributed by atoms with Crippen molar-refractivity contribution in [2.75, 3.05) is 0 Å². The zero-order valence-corrected chi connectivity index (χ0v) is 20.0. The minimum atomic E-state index is -0.544. The minimum absolute atomic E-state index is 0.0663. The number of halogens is 1. The van der Waals surface area contributed by atoms with Crippen molar-refractivity contribution >= 4 is 5.78 Å². The second kappa shape index (κ2) is 8.06. The highest BCUT2D eigenvalue weighted by atomic mass is 19.1. The van der Waals surface area contributed by atoms with E-state index in [2.05, 4.69) is 55.7 Å². The number of nitrogens with zero attached hydrogens (tertiary/aromatic N) is 3. The van der Waals surface area contributed by atoms with Crippen LogP contribution in [0.2, 0.25) is 0 Å². The first-order valence-corrected chi connectivity index (χ1v) is 11.9. The van der Waals surface area contributed by atoms with Crippen molar-refractivity contribution in [3.8, 4) is 23.1 Å². The van der Waals surface area contributed by atoms with E-state index in [9.17, 15) is 14.4 Å². The van der Waals surface area contributed by atoms with Crippen molar-refractivity contribution in [1.82, 2.24) is 9.55 Å². The molecule has 0 amide bonds. The number of rotatable bonds is 3. The lowest BCUT2D eigenvalue weighted by Crippen LogP contribution is -2.45. The first-order valence-electron chi connectivity index (χ1n) is 11.9. The maximum atomic E-state index is 14.3. The lowest BCUT2D eigenvalue weighted by Gasteiger charge is -2.44. The Kier molecular flexibility index (Phi) is 5.28. The summed E-state index contributed by atoms with van der Waals surface area (Å²) in [7, 11) is 0. The van der Waals surface area contributed by atoms with Crippen LogP contribution in [0.25, 0.3) is 17.1 Å². The van der Waals surface area contributed by atoms with Gasteiger partial charge >= 0.3 is 0 Å². The van der Waals surface area contributed by atoms with Crippen LogP contribution in [-0.2, 0) is 16.6 Å². The number of ketones is 1. The second-order valence-electron chi connectivity index (χ2n) is 10.1. The highest BCUT2D eigenvalue weighted by molar-refractivity contribution is 6.02. The van der Waals surface area contributed by atoms with Crippen molar-refractivity contribution in [1.29, 1.82) is 5.26 Å². The van der Waals surface area contributed by atoms with Crippen molar-refractivity contribution < 1.29 is 9.18 Å². The molecule has 1 aromatic heterocycles. The van der Waals surface area contributed by atoms with Gasteiger partial charge in [-0.3, -0.25) is 9.36 Å². The van der Waals surface area contributed by atoms with Crippen molar-refractivity contribution in [2.24, 2.45) is 11.8 Å². The van der Waals surface area contributed by atoms with Crippen LogP contribution in [0.5, 0.6) is 0 Å². The molecule has 3 atom stereocenters. The number of hydrogen-bond acceptors (Lipinski definition) is 3. The summed E-state index contributed by atoms with van der Waals surface area (Å²) in [6.45, 7) is 8.33. The number of imidazole rings is 1. The van der Waals surface area contributed by atoms with Gasteiger partial charge in [0, 0.05) is 22.6 Å². The van der Waals surface area contributed by atoms with E-state index in [1.54, 1.807) is 6.07 Å². The molecular weight excluding hydrogens is 425 g/mol. The molecule has 0 aliphatic heterocycles. The number of allylic oxidation sites excluding steroid dienone is 2. The number of carbonyl (C=O) groups is 1. The van der Waals surface area contributed by atoms with Crippen molar-refractivity contribution in [2.45, 2.75) is 51.9 Å². The summed E-state index contributed by atoms with van der Waals surface area (Å²) in [5.41, 5.74) is 4.48. The summed E-state index contributed by atoms with van der Waals surface area (Å²) >= 11 is 0. The van der Waals surface area contributed by atoms with E-state index >= 15 is 0 Å². The molecule has 0 saturated heterocycles. The zero-order valence-electron chi connectivity index (χ0n) is 20.0. The van der Waals surface area contributed by atoms with E-state index < -0.39 is 5.41 Å². The maximum absolute atomic E-state index is 14.3. The lowest BCUT2D eigenvalue weighted by atomic mass is 9.58. The van der Waals surface area contributed by atoms with Crippen LogP contribution < -0.4 is 0 Å². The molecule has 2 aliphatic carbocycles. The molecule has 0 bridgehead atoms. The third-order valence-electron chi connectivity index (χ3n) is 7.69. The van der Waals surface area contributed by atoms with Gasteiger partial charge in [0.15, 0.2) is 5.78 Å². The van der Waals surface area contributed by atoms with E-state index in [-0.39, 0.29) is 29.0 Å². The van der Waals surface area contributed by atoms with Gasteiger partial charge in [-0.05, 0) is 48.4 Å². The molecule has 4 nitrogen and oxygen atoms in total. The fourth-order valence-corrected chi connectivity index (χ4v) is 5.82. The summed E-state index contributed by atoms with van der Waals surface area (Å²) in [6, 6.07) is 17.1. The number of aromatic nitrogens is 2. The molecule has 2 aromatic carbocycles. The first kappa shape index (κ1) is 22.3. The average molecular weight is 454 g/mol. The van der Waals surface area contributed by atoms with Gasteiger partial charge in [-0.1, -0.05) is 64.1 Å². The minimum Gasteiger partial charge on any atom is -0.296 e. The normalized spacial score (nSPS) is 23.8. The number of nitriles is 1. The largest absolute Gasteiger partial charge is 0.296 e. The van der Waals surface area contributed by atoms with Crippen LogP contribution in [0.4, 0.5) is 4.39 Å². The Hall–Kier alpha value is -3.52. The quantitative estimate of drug-likeness (QED) is 0.468. The number of hydrogen-bond donors (Lipinski definition) is 0. The fraction of sp³-hybridized carbons (Fsp3) is 0.345. The highest BCUT2D eigenvalue weighted by Gasteiger charge is 2.50. The standard InChI is InChI=1S/C29H28FN3O/c1-17(2)19-8-10-20(11-9-19)28-32-27-25(33(28)23-7-5-6-22(30)14-23)13-12-24-18(3)26(34)21(16-31)15-29(24,27)4/h5-11,14-15,17-18,24H,12-13H2,1-4H3/t18-,24-,29-/m1/s1. The predicted octanol–water partition coefficient (Wildman–Crippen LogP) is 6.29. The van der Waals surface area contributed by atoms with Crippen LogP contribution in [0.3, 0.4) is 0 Å². The Bertz CT molecular complexity index is 1360. The molecule has 0 fully saturated rings. The van der Waals surface area contributed by atoms with Gasteiger partial charge in [0.05, 0.1) is 17.0 Å². The molecule has 0 spiro atoms. The molecule has 34 heavy (non-hydrogen) atoms. The third-order valence-corrected chi connectivity index (χ3v) is 7.69. The third kappa shape index (κ3) is 3.32. The number of benzene rings is 2. The fourth-order valence-electron chi connectivity index (χ4n) is 5.82. The number of fused-ring (bicyclic) bond motifs is 3.